The Morgan fingerprint density at radius 3 is 2.39 bits per heavy atom. The molecule has 23 heavy (non-hydrogen) atoms. The van der Waals surface area contributed by atoms with Gasteiger partial charge in [0.15, 0.2) is 0 Å². The zero-order valence-corrected chi connectivity index (χ0v) is 14.2. The number of benzene rings is 1. The Labute approximate surface area is 137 Å². The van der Waals surface area contributed by atoms with E-state index in [2.05, 4.69) is 0 Å². The summed E-state index contributed by atoms with van der Waals surface area (Å²) in [4.78, 5) is 11.8. The van der Waals surface area contributed by atoms with Crippen molar-refractivity contribution in [1.29, 1.82) is 0 Å². The third-order valence-electron chi connectivity index (χ3n) is 3.64. The predicted octanol–water partition coefficient (Wildman–Crippen LogP) is 2.14. The van der Waals surface area contributed by atoms with Gasteiger partial charge in [0, 0.05) is 12.5 Å². The first-order chi connectivity index (χ1) is 10.8. The molecule has 1 fully saturated rings. The minimum atomic E-state index is -3.67. The van der Waals surface area contributed by atoms with Crippen molar-refractivity contribution in [1.82, 2.24) is 0 Å². The molecule has 6 nitrogen and oxygen atoms in total. The zero-order valence-electron chi connectivity index (χ0n) is 13.3. The maximum Gasteiger partial charge on any atom is 0.306 e. The van der Waals surface area contributed by atoms with Crippen LogP contribution in [0.4, 0.5) is 0 Å². The summed E-state index contributed by atoms with van der Waals surface area (Å²) >= 11 is 0. The lowest BCUT2D eigenvalue weighted by atomic mass is 9.83. The minimum Gasteiger partial charge on any atom is -0.461 e. The van der Waals surface area contributed by atoms with Gasteiger partial charge in [0.05, 0.1) is 6.26 Å². The van der Waals surface area contributed by atoms with E-state index in [1.807, 2.05) is 30.3 Å². The third-order valence-corrected chi connectivity index (χ3v) is 3.64. The number of hydrogen-bond acceptors (Lipinski definition) is 5. The zero-order chi connectivity index (χ0) is 17.3. The Hall–Kier alpha value is -1.44. The van der Waals surface area contributed by atoms with Crippen molar-refractivity contribution in [2.45, 2.75) is 44.8 Å². The topological polar surface area (TPSA) is 107 Å². The molecule has 0 bridgehead atoms. The van der Waals surface area contributed by atoms with Gasteiger partial charge in [0.2, 0.25) is 0 Å². The van der Waals surface area contributed by atoms with E-state index >= 15 is 0 Å². The van der Waals surface area contributed by atoms with Crippen molar-refractivity contribution in [2.75, 3.05) is 6.26 Å². The van der Waals surface area contributed by atoms with Crippen LogP contribution in [0.5, 0.6) is 0 Å². The van der Waals surface area contributed by atoms with Crippen molar-refractivity contribution < 1.29 is 22.5 Å². The molecule has 1 saturated carbocycles. The molecule has 0 aliphatic heterocycles. The van der Waals surface area contributed by atoms with Crippen LogP contribution in [-0.4, -0.2) is 31.2 Å². The lowest BCUT2D eigenvalue weighted by molar-refractivity contribution is -0.146. The first-order valence-electron chi connectivity index (χ1n) is 7.63. The van der Waals surface area contributed by atoms with Gasteiger partial charge in [-0.25, -0.2) is 0 Å². The van der Waals surface area contributed by atoms with Crippen LogP contribution in [0.1, 0.15) is 37.7 Å². The highest BCUT2D eigenvalue weighted by Gasteiger charge is 2.24. The van der Waals surface area contributed by atoms with Crippen LogP contribution in [0.15, 0.2) is 30.3 Å². The van der Waals surface area contributed by atoms with E-state index < -0.39 is 10.1 Å². The number of hydrogen-bond donors (Lipinski definition) is 2. The summed E-state index contributed by atoms with van der Waals surface area (Å²) in [5.41, 5.74) is 7.05. The summed E-state index contributed by atoms with van der Waals surface area (Å²) in [6, 6.07) is 9.93. The molecule has 1 aliphatic rings. The summed E-state index contributed by atoms with van der Waals surface area (Å²) in [6.45, 7) is 0.363. The van der Waals surface area contributed by atoms with E-state index in [-0.39, 0.29) is 12.0 Å². The van der Waals surface area contributed by atoms with Gasteiger partial charge in [-0.1, -0.05) is 43.2 Å². The fourth-order valence-corrected chi connectivity index (χ4v) is 2.50. The van der Waals surface area contributed by atoms with Gasteiger partial charge in [-0.05, 0) is 24.3 Å². The van der Waals surface area contributed by atoms with Gasteiger partial charge in [-0.15, -0.1) is 0 Å². The summed E-state index contributed by atoms with van der Waals surface area (Å²) in [6.07, 6.45) is 5.65. The van der Waals surface area contributed by atoms with Crippen LogP contribution in [0, 0.1) is 5.92 Å². The molecule has 3 N–H and O–H groups in total. The van der Waals surface area contributed by atoms with E-state index in [1.54, 1.807) is 0 Å². The normalized spacial score (nSPS) is 21.0. The van der Waals surface area contributed by atoms with Crippen LogP contribution in [0.2, 0.25) is 0 Å². The van der Waals surface area contributed by atoms with Crippen molar-refractivity contribution >= 4 is 16.1 Å². The Morgan fingerprint density at radius 1 is 1.26 bits per heavy atom. The van der Waals surface area contributed by atoms with E-state index in [0.29, 0.717) is 25.2 Å². The number of esters is 1. The summed E-state index contributed by atoms with van der Waals surface area (Å²) in [5, 5.41) is 0. The van der Waals surface area contributed by atoms with Gasteiger partial charge in [-0.2, -0.15) is 8.42 Å². The smallest absolute Gasteiger partial charge is 0.306 e. The highest BCUT2D eigenvalue weighted by molar-refractivity contribution is 7.85. The quantitative estimate of drug-likeness (QED) is 0.641. The summed E-state index contributed by atoms with van der Waals surface area (Å²) in [5.74, 6) is 0.184. The van der Waals surface area contributed by atoms with Crippen molar-refractivity contribution in [3.05, 3.63) is 35.9 Å². The molecule has 0 amide bonds. The van der Waals surface area contributed by atoms with Gasteiger partial charge < -0.3 is 10.5 Å². The van der Waals surface area contributed by atoms with E-state index in [0.717, 1.165) is 18.4 Å². The Morgan fingerprint density at radius 2 is 1.83 bits per heavy atom. The number of carbonyl (C=O) groups excluding carboxylic acids is 1. The molecule has 130 valence electrons. The molecule has 2 atom stereocenters. The molecule has 0 saturated heterocycles. The Balaban J connectivity index is 0.000000463. The monoisotopic (exact) mass is 343 g/mol. The highest BCUT2D eigenvalue weighted by atomic mass is 32.2. The predicted molar refractivity (Wildman–Crippen MR) is 88.3 cm³/mol. The van der Waals surface area contributed by atoms with Gasteiger partial charge in [0.25, 0.3) is 10.1 Å². The molecule has 2 rings (SSSR count). The second kappa shape index (κ2) is 9.64. The lowest BCUT2D eigenvalue weighted by Crippen LogP contribution is -2.34. The number of rotatable bonds is 4. The Kier molecular flexibility index (Phi) is 8.22. The van der Waals surface area contributed by atoms with Crippen LogP contribution < -0.4 is 5.73 Å². The maximum absolute atomic E-state index is 11.8. The molecule has 0 radical (unpaired) electrons. The van der Waals surface area contributed by atoms with Gasteiger partial charge in [0.1, 0.15) is 6.61 Å². The molecular formula is C16H25NO5S. The van der Waals surface area contributed by atoms with Crippen molar-refractivity contribution in [3.8, 4) is 0 Å². The van der Waals surface area contributed by atoms with E-state index in [1.165, 1.54) is 12.8 Å². The van der Waals surface area contributed by atoms with Crippen LogP contribution >= 0.6 is 0 Å². The maximum atomic E-state index is 11.8. The third kappa shape index (κ3) is 10.0. The minimum absolute atomic E-state index is 0.124. The number of carbonyl (C=O) groups is 1. The molecule has 0 spiro atoms. The van der Waals surface area contributed by atoms with E-state index in [9.17, 15) is 13.2 Å². The molecule has 2 unspecified atom stereocenters. The number of ether oxygens (including phenoxy) is 1. The van der Waals surface area contributed by atoms with Crippen LogP contribution in [0.3, 0.4) is 0 Å². The molecular weight excluding hydrogens is 318 g/mol. The standard InChI is InChI=1S/C15H21NO2.CH4O3S/c16-14-9-5-4-8-13(14)10-15(17)18-11-12-6-2-1-3-7-12;1-5(2,3)4/h1-3,6-7,13-14H,4-5,8-11,16H2;1H3,(H,2,3,4). The van der Waals surface area contributed by atoms with Crippen LogP contribution in [0.25, 0.3) is 0 Å². The summed E-state index contributed by atoms with van der Waals surface area (Å²) in [7, 11) is -3.67. The first kappa shape index (κ1) is 19.6. The molecule has 1 aromatic carbocycles. The highest BCUT2D eigenvalue weighted by Crippen LogP contribution is 2.26. The number of nitrogens with two attached hydrogens (primary N) is 1. The van der Waals surface area contributed by atoms with E-state index in [4.69, 9.17) is 15.0 Å². The van der Waals surface area contributed by atoms with Crippen molar-refractivity contribution in [2.24, 2.45) is 11.7 Å². The first-order valence-corrected chi connectivity index (χ1v) is 9.48. The summed E-state index contributed by atoms with van der Waals surface area (Å²) < 4.78 is 31.2. The molecule has 0 heterocycles. The lowest BCUT2D eigenvalue weighted by Gasteiger charge is -2.27. The van der Waals surface area contributed by atoms with Gasteiger partial charge >= 0.3 is 5.97 Å². The molecule has 1 aliphatic carbocycles. The molecule has 7 heteroatoms. The fourth-order valence-electron chi connectivity index (χ4n) is 2.50. The van der Waals surface area contributed by atoms with Gasteiger partial charge in [-0.3, -0.25) is 9.35 Å². The second-order valence-corrected chi connectivity index (χ2v) is 7.26. The average molecular weight is 343 g/mol. The molecule has 0 aromatic heterocycles. The second-order valence-electron chi connectivity index (χ2n) is 5.79. The fraction of sp³-hybridized carbons (Fsp3) is 0.562. The van der Waals surface area contributed by atoms with Crippen molar-refractivity contribution in [3.63, 3.8) is 0 Å². The van der Waals surface area contributed by atoms with Crippen LogP contribution in [-0.2, 0) is 26.3 Å². The largest absolute Gasteiger partial charge is 0.461 e. The Bertz CT molecular complexity index is 565. The molecule has 1 aromatic rings. The SMILES string of the molecule is CS(=O)(=O)O.NC1CCCCC1CC(=O)OCc1ccccc1. The average Bonchev–Trinajstić information content (AvgIpc) is 2.47.